The first-order valence-electron chi connectivity index (χ1n) is 9.84. The molecule has 0 radical (unpaired) electrons. The lowest BCUT2D eigenvalue weighted by molar-refractivity contribution is -0.00255. The summed E-state index contributed by atoms with van der Waals surface area (Å²) in [6.45, 7) is 10.0. The lowest BCUT2D eigenvalue weighted by Gasteiger charge is -2.41. The highest BCUT2D eigenvalue weighted by Gasteiger charge is 2.34. The van der Waals surface area contributed by atoms with Crippen LogP contribution in [0.5, 0.6) is 0 Å². The second-order valence-electron chi connectivity index (χ2n) is 7.32. The van der Waals surface area contributed by atoms with Crippen molar-refractivity contribution >= 4 is 5.96 Å². The summed E-state index contributed by atoms with van der Waals surface area (Å²) in [5.74, 6) is 0.952. The molecule has 0 saturated carbocycles. The Kier molecular flexibility index (Phi) is 10.3. The number of unbranched alkanes of at least 4 members (excludes halogenated alkanes) is 3. The van der Waals surface area contributed by atoms with Gasteiger partial charge < -0.3 is 20.3 Å². The Morgan fingerprint density at radius 3 is 2.46 bits per heavy atom. The number of hydrogen-bond acceptors (Lipinski definition) is 3. The molecule has 1 aliphatic rings. The average molecular weight is 341 g/mol. The van der Waals surface area contributed by atoms with Gasteiger partial charge in [0.05, 0.1) is 6.54 Å². The van der Waals surface area contributed by atoms with E-state index in [2.05, 4.69) is 50.4 Å². The third-order valence-electron chi connectivity index (χ3n) is 5.12. The standard InChI is InChI=1S/C19H40N4O/c1-6-8-9-10-11-17(3)22-18(20-7-2)21-16-19(23(4)5)12-14-24-15-13-19/h17H,6-16H2,1-5H3,(H2,20,21,22). The Bertz CT molecular complexity index is 351. The van der Waals surface area contributed by atoms with Crippen molar-refractivity contribution in [3.05, 3.63) is 0 Å². The van der Waals surface area contributed by atoms with E-state index in [-0.39, 0.29) is 5.54 Å². The normalized spacial score (nSPS) is 19.3. The van der Waals surface area contributed by atoms with Gasteiger partial charge in [-0.15, -0.1) is 0 Å². The maximum absolute atomic E-state index is 5.55. The van der Waals surface area contributed by atoms with Crippen molar-refractivity contribution in [3.8, 4) is 0 Å². The number of nitrogens with one attached hydrogen (secondary N) is 2. The quantitative estimate of drug-likeness (QED) is 0.365. The summed E-state index contributed by atoms with van der Waals surface area (Å²) in [7, 11) is 4.33. The molecule has 2 N–H and O–H groups in total. The van der Waals surface area contributed by atoms with Gasteiger partial charge in [0.15, 0.2) is 5.96 Å². The monoisotopic (exact) mass is 340 g/mol. The minimum atomic E-state index is 0.130. The Labute approximate surface area is 149 Å². The summed E-state index contributed by atoms with van der Waals surface area (Å²) in [5, 5.41) is 6.98. The number of nitrogens with zero attached hydrogens (tertiary/aromatic N) is 2. The van der Waals surface area contributed by atoms with Crippen LogP contribution < -0.4 is 10.6 Å². The van der Waals surface area contributed by atoms with Gasteiger partial charge in [0, 0.05) is 31.3 Å². The number of guanidine groups is 1. The molecular weight excluding hydrogens is 300 g/mol. The van der Waals surface area contributed by atoms with Gasteiger partial charge in [-0.3, -0.25) is 4.99 Å². The molecular formula is C19H40N4O. The van der Waals surface area contributed by atoms with Crippen LogP contribution in [0, 0.1) is 0 Å². The molecule has 1 aliphatic heterocycles. The zero-order valence-electron chi connectivity index (χ0n) is 16.7. The molecule has 0 amide bonds. The van der Waals surface area contributed by atoms with E-state index in [4.69, 9.17) is 9.73 Å². The van der Waals surface area contributed by atoms with Crippen molar-refractivity contribution < 1.29 is 4.74 Å². The van der Waals surface area contributed by atoms with E-state index < -0.39 is 0 Å². The third-order valence-corrected chi connectivity index (χ3v) is 5.12. The highest BCUT2D eigenvalue weighted by Crippen LogP contribution is 2.26. The minimum Gasteiger partial charge on any atom is -0.381 e. The van der Waals surface area contributed by atoms with Gasteiger partial charge in [-0.05, 0) is 47.2 Å². The molecule has 0 bridgehead atoms. The minimum absolute atomic E-state index is 0.130. The van der Waals surface area contributed by atoms with Crippen molar-refractivity contribution in [3.63, 3.8) is 0 Å². The molecule has 1 fully saturated rings. The van der Waals surface area contributed by atoms with Crippen LogP contribution >= 0.6 is 0 Å². The SMILES string of the molecule is CCCCCCC(C)NC(=NCC1(N(C)C)CCOCC1)NCC. The topological polar surface area (TPSA) is 48.9 Å². The summed E-state index contributed by atoms with van der Waals surface area (Å²) in [5.41, 5.74) is 0.130. The Morgan fingerprint density at radius 2 is 1.88 bits per heavy atom. The molecule has 0 aromatic rings. The van der Waals surface area contributed by atoms with Crippen LogP contribution in [0.1, 0.15) is 65.7 Å². The zero-order chi connectivity index (χ0) is 17.8. The van der Waals surface area contributed by atoms with Crippen LogP contribution in [0.15, 0.2) is 4.99 Å². The maximum Gasteiger partial charge on any atom is 0.191 e. The lowest BCUT2D eigenvalue weighted by Crippen LogP contribution is -2.52. The van der Waals surface area contributed by atoms with Crippen molar-refractivity contribution in [2.45, 2.75) is 77.3 Å². The maximum atomic E-state index is 5.55. The Balaban J connectivity index is 2.56. The predicted molar refractivity (Wildman–Crippen MR) is 104 cm³/mol. The third kappa shape index (κ3) is 7.39. The highest BCUT2D eigenvalue weighted by atomic mass is 16.5. The second-order valence-corrected chi connectivity index (χ2v) is 7.32. The lowest BCUT2D eigenvalue weighted by atomic mass is 9.89. The molecule has 1 rings (SSSR count). The van der Waals surface area contributed by atoms with E-state index in [1.54, 1.807) is 0 Å². The van der Waals surface area contributed by atoms with Crippen LogP contribution in [0.25, 0.3) is 0 Å². The molecule has 0 spiro atoms. The Hall–Kier alpha value is -0.810. The summed E-state index contributed by atoms with van der Waals surface area (Å²) >= 11 is 0. The molecule has 1 unspecified atom stereocenters. The van der Waals surface area contributed by atoms with Gasteiger partial charge in [-0.2, -0.15) is 0 Å². The van der Waals surface area contributed by atoms with E-state index in [0.29, 0.717) is 6.04 Å². The van der Waals surface area contributed by atoms with E-state index in [1.165, 1.54) is 32.1 Å². The zero-order valence-corrected chi connectivity index (χ0v) is 16.7. The number of rotatable bonds is 10. The number of likely N-dealkylation sites (N-methyl/N-ethyl adjacent to an activating group) is 1. The van der Waals surface area contributed by atoms with E-state index in [1.807, 2.05) is 0 Å². The summed E-state index contributed by atoms with van der Waals surface area (Å²) in [4.78, 5) is 7.24. The number of ether oxygens (including phenoxy) is 1. The second kappa shape index (κ2) is 11.7. The van der Waals surface area contributed by atoms with Gasteiger partial charge in [0.25, 0.3) is 0 Å². The van der Waals surface area contributed by atoms with Crippen molar-refractivity contribution in [2.75, 3.05) is 40.4 Å². The molecule has 0 aliphatic carbocycles. The number of hydrogen-bond donors (Lipinski definition) is 2. The highest BCUT2D eigenvalue weighted by molar-refractivity contribution is 5.80. The fraction of sp³-hybridized carbons (Fsp3) is 0.947. The van der Waals surface area contributed by atoms with Gasteiger partial charge in [0.1, 0.15) is 0 Å². The van der Waals surface area contributed by atoms with Crippen LogP contribution in [-0.4, -0.2) is 62.8 Å². The van der Waals surface area contributed by atoms with Gasteiger partial charge in [-0.1, -0.05) is 32.6 Å². The van der Waals surface area contributed by atoms with Crippen LogP contribution in [0.4, 0.5) is 0 Å². The van der Waals surface area contributed by atoms with Crippen molar-refractivity contribution in [1.29, 1.82) is 0 Å². The molecule has 5 nitrogen and oxygen atoms in total. The largest absolute Gasteiger partial charge is 0.381 e. The molecule has 1 heterocycles. The van der Waals surface area contributed by atoms with E-state index in [9.17, 15) is 0 Å². The first-order chi connectivity index (χ1) is 11.5. The first-order valence-corrected chi connectivity index (χ1v) is 9.84. The summed E-state index contributed by atoms with van der Waals surface area (Å²) < 4.78 is 5.55. The summed E-state index contributed by atoms with van der Waals surface area (Å²) in [6, 6.07) is 0.463. The molecule has 5 heteroatoms. The number of aliphatic imine (C=N–C) groups is 1. The Morgan fingerprint density at radius 1 is 1.17 bits per heavy atom. The van der Waals surface area contributed by atoms with Gasteiger partial charge in [0.2, 0.25) is 0 Å². The van der Waals surface area contributed by atoms with Gasteiger partial charge in [-0.25, -0.2) is 0 Å². The van der Waals surface area contributed by atoms with Crippen molar-refractivity contribution in [1.82, 2.24) is 15.5 Å². The first kappa shape index (κ1) is 21.2. The molecule has 1 atom stereocenters. The molecule has 24 heavy (non-hydrogen) atoms. The molecule has 142 valence electrons. The summed E-state index contributed by atoms with van der Waals surface area (Å²) in [6.07, 6.45) is 8.57. The van der Waals surface area contributed by atoms with Gasteiger partial charge >= 0.3 is 0 Å². The fourth-order valence-corrected chi connectivity index (χ4v) is 3.23. The van der Waals surface area contributed by atoms with Crippen molar-refractivity contribution in [2.24, 2.45) is 4.99 Å². The molecule has 1 saturated heterocycles. The molecule has 0 aromatic heterocycles. The average Bonchev–Trinajstić information content (AvgIpc) is 2.57. The van der Waals surface area contributed by atoms with Crippen LogP contribution in [0.2, 0.25) is 0 Å². The molecule has 0 aromatic carbocycles. The van der Waals surface area contributed by atoms with Crippen LogP contribution in [-0.2, 0) is 4.74 Å². The fourth-order valence-electron chi connectivity index (χ4n) is 3.23. The smallest absolute Gasteiger partial charge is 0.191 e. The van der Waals surface area contributed by atoms with E-state index in [0.717, 1.165) is 45.1 Å². The predicted octanol–water partition coefficient (Wildman–Crippen LogP) is 3.01. The van der Waals surface area contributed by atoms with E-state index >= 15 is 0 Å². The van der Waals surface area contributed by atoms with Crippen LogP contribution in [0.3, 0.4) is 0 Å².